The number of nitrogens with zero attached hydrogens (tertiary/aromatic N) is 2. The Morgan fingerprint density at radius 2 is 1.93 bits per heavy atom. The Balaban J connectivity index is 2.36. The third-order valence-corrected chi connectivity index (χ3v) is 5.31. The van der Waals surface area contributed by atoms with E-state index < -0.39 is 0 Å². The number of aryl methyl sites for hydroxylation is 1. The maximum absolute atomic E-state index is 9.89. The van der Waals surface area contributed by atoms with Crippen molar-refractivity contribution in [2.24, 2.45) is 5.41 Å². The third-order valence-electron chi connectivity index (χ3n) is 5.31. The summed E-state index contributed by atoms with van der Waals surface area (Å²) < 4.78 is 7.96. The topological polar surface area (TPSA) is 47.3 Å². The van der Waals surface area contributed by atoms with Crippen LogP contribution in [-0.4, -0.2) is 28.4 Å². The second-order valence-electron chi connectivity index (χ2n) is 7.90. The van der Waals surface area contributed by atoms with Crippen LogP contribution >= 0.6 is 0 Å². The van der Waals surface area contributed by atoms with Gasteiger partial charge in [-0.3, -0.25) is 4.98 Å². The summed E-state index contributed by atoms with van der Waals surface area (Å²) in [7, 11) is 1.72. The zero-order valence-corrected chi connectivity index (χ0v) is 17.0. The van der Waals surface area contributed by atoms with E-state index in [-0.39, 0.29) is 18.1 Å². The van der Waals surface area contributed by atoms with Crippen molar-refractivity contribution in [3.05, 3.63) is 53.9 Å². The smallest absolute Gasteiger partial charge is 0.0969 e. The quantitative estimate of drug-likeness (QED) is 0.641. The van der Waals surface area contributed by atoms with Crippen LogP contribution in [0, 0.1) is 5.41 Å². The highest BCUT2D eigenvalue weighted by Crippen LogP contribution is 2.40. The van der Waals surface area contributed by atoms with E-state index in [0.717, 1.165) is 24.2 Å². The molecule has 0 fully saturated rings. The molecule has 0 saturated heterocycles. The zero-order chi connectivity index (χ0) is 19.6. The molecule has 0 bridgehead atoms. The van der Waals surface area contributed by atoms with E-state index in [4.69, 9.17) is 4.74 Å². The van der Waals surface area contributed by atoms with Crippen LogP contribution in [0.4, 0.5) is 0 Å². The first-order valence-corrected chi connectivity index (χ1v) is 9.62. The third kappa shape index (κ3) is 3.64. The van der Waals surface area contributed by atoms with Gasteiger partial charge < -0.3 is 14.4 Å². The van der Waals surface area contributed by atoms with Crippen molar-refractivity contribution in [2.75, 3.05) is 13.7 Å². The van der Waals surface area contributed by atoms with Crippen molar-refractivity contribution in [3.63, 3.8) is 0 Å². The molecule has 3 rings (SSSR count). The van der Waals surface area contributed by atoms with Gasteiger partial charge in [-0.25, -0.2) is 0 Å². The van der Waals surface area contributed by atoms with E-state index in [1.165, 1.54) is 22.2 Å². The van der Waals surface area contributed by atoms with Gasteiger partial charge in [-0.1, -0.05) is 32.0 Å². The molecule has 0 radical (unpaired) electrons. The highest BCUT2D eigenvalue weighted by molar-refractivity contribution is 5.92. The van der Waals surface area contributed by atoms with E-state index in [0.29, 0.717) is 0 Å². The highest BCUT2D eigenvalue weighted by Gasteiger charge is 2.27. The van der Waals surface area contributed by atoms with Gasteiger partial charge in [0.15, 0.2) is 0 Å². The van der Waals surface area contributed by atoms with Crippen LogP contribution in [0.5, 0.6) is 0 Å². The van der Waals surface area contributed by atoms with Crippen LogP contribution in [0.2, 0.25) is 0 Å². The predicted octanol–water partition coefficient (Wildman–Crippen LogP) is 4.99. The van der Waals surface area contributed by atoms with Gasteiger partial charge in [0.1, 0.15) is 0 Å². The number of aliphatic hydroxyl groups excluding tert-OH is 1. The molecule has 0 amide bonds. The van der Waals surface area contributed by atoms with Crippen LogP contribution < -0.4 is 0 Å². The Morgan fingerprint density at radius 1 is 1.19 bits per heavy atom. The maximum atomic E-state index is 9.89. The average Bonchev–Trinajstić information content (AvgIpc) is 3.00. The summed E-state index contributed by atoms with van der Waals surface area (Å²) in [6, 6.07) is 12.6. The summed E-state index contributed by atoms with van der Waals surface area (Å²) in [6.07, 6.45) is 2.52. The van der Waals surface area contributed by atoms with Crippen molar-refractivity contribution in [3.8, 4) is 11.3 Å². The number of fused-ring (bicyclic) bond motifs is 1. The minimum absolute atomic E-state index is 0.0942. The van der Waals surface area contributed by atoms with Gasteiger partial charge in [0.25, 0.3) is 0 Å². The van der Waals surface area contributed by atoms with Gasteiger partial charge in [0.05, 0.1) is 17.5 Å². The van der Waals surface area contributed by atoms with Crippen molar-refractivity contribution < 1.29 is 9.84 Å². The Kier molecular flexibility index (Phi) is 5.68. The Morgan fingerprint density at radius 3 is 2.59 bits per heavy atom. The van der Waals surface area contributed by atoms with Crippen molar-refractivity contribution in [1.82, 2.24) is 9.55 Å². The number of aromatic nitrogens is 2. The largest absolute Gasteiger partial charge is 0.396 e. The van der Waals surface area contributed by atoms with Gasteiger partial charge in [0.2, 0.25) is 0 Å². The second kappa shape index (κ2) is 7.83. The standard InChI is InChI=1S/C23H30N2O2/c1-6-25-20-12-8-7-10-17(20)19(14-23(3,4)15-26)22(25)18-11-9-13-24-21(18)16(2)27-5/h7-13,16,26H,6,14-15H2,1-5H3/t16-/m0/s1. The fourth-order valence-corrected chi connectivity index (χ4v) is 3.78. The van der Waals surface area contributed by atoms with Crippen LogP contribution in [0.3, 0.4) is 0 Å². The Bertz CT molecular complexity index is 927. The molecule has 2 aromatic heterocycles. The van der Waals surface area contributed by atoms with Gasteiger partial charge in [0, 0.05) is 42.9 Å². The molecule has 0 aliphatic carbocycles. The molecular weight excluding hydrogens is 336 g/mol. The summed E-state index contributed by atoms with van der Waals surface area (Å²) in [5.41, 5.74) is 5.52. The van der Waals surface area contributed by atoms with Crippen molar-refractivity contribution in [1.29, 1.82) is 0 Å². The molecule has 4 nitrogen and oxygen atoms in total. The first-order chi connectivity index (χ1) is 12.9. The molecule has 0 unspecified atom stereocenters. The van der Waals surface area contributed by atoms with Crippen LogP contribution in [0.15, 0.2) is 42.6 Å². The number of methoxy groups -OCH3 is 1. The highest BCUT2D eigenvalue weighted by atomic mass is 16.5. The van der Waals surface area contributed by atoms with E-state index in [2.05, 4.69) is 60.7 Å². The molecule has 1 N–H and O–H groups in total. The normalized spacial score (nSPS) is 13.3. The van der Waals surface area contributed by atoms with Crippen LogP contribution in [-0.2, 0) is 17.7 Å². The molecule has 1 atom stereocenters. The van der Waals surface area contributed by atoms with Crippen LogP contribution in [0.25, 0.3) is 22.2 Å². The lowest BCUT2D eigenvalue weighted by molar-refractivity contribution is 0.116. The van der Waals surface area contributed by atoms with Gasteiger partial charge in [-0.05, 0) is 49.4 Å². The van der Waals surface area contributed by atoms with Gasteiger partial charge in [-0.2, -0.15) is 0 Å². The molecule has 4 heteroatoms. The summed E-state index contributed by atoms with van der Waals surface area (Å²) in [5, 5.41) is 11.1. The molecule has 0 aliphatic rings. The van der Waals surface area contributed by atoms with Gasteiger partial charge >= 0.3 is 0 Å². The SMILES string of the molecule is CCn1c(-c2cccnc2[C@H](C)OC)c(CC(C)(C)CO)c2ccccc21. The predicted molar refractivity (Wildman–Crippen MR) is 111 cm³/mol. The molecule has 0 aliphatic heterocycles. The summed E-state index contributed by atoms with van der Waals surface area (Å²) in [4.78, 5) is 4.64. The fraction of sp³-hybridized carbons (Fsp3) is 0.435. The molecule has 27 heavy (non-hydrogen) atoms. The number of aliphatic hydroxyl groups is 1. The molecule has 0 saturated carbocycles. The number of hydrogen-bond acceptors (Lipinski definition) is 3. The number of rotatable bonds is 7. The van der Waals surface area contributed by atoms with Gasteiger partial charge in [-0.15, -0.1) is 0 Å². The number of pyridine rings is 1. The molecular formula is C23H30N2O2. The van der Waals surface area contributed by atoms with E-state index in [9.17, 15) is 5.11 Å². The second-order valence-corrected chi connectivity index (χ2v) is 7.90. The summed E-state index contributed by atoms with van der Waals surface area (Å²) >= 11 is 0. The van der Waals surface area contributed by atoms with E-state index in [1.807, 2.05) is 19.2 Å². The summed E-state index contributed by atoms with van der Waals surface area (Å²) in [5.74, 6) is 0. The zero-order valence-electron chi connectivity index (χ0n) is 17.0. The molecule has 3 aromatic rings. The number of ether oxygens (including phenoxy) is 1. The van der Waals surface area contributed by atoms with Crippen molar-refractivity contribution in [2.45, 2.75) is 46.8 Å². The maximum Gasteiger partial charge on any atom is 0.0969 e. The first kappa shape index (κ1) is 19.6. The lowest BCUT2D eigenvalue weighted by Crippen LogP contribution is -2.20. The van der Waals surface area contributed by atoms with Crippen LogP contribution in [0.1, 0.15) is 45.1 Å². The fourth-order valence-electron chi connectivity index (χ4n) is 3.78. The molecule has 2 heterocycles. The first-order valence-electron chi connectivity index (χ1n) is 9.62. The Labute approximate surface area is 161 Å². The molecule has 0 spiro atoms. The molecule has 144 valence electrons. The average molecular weight is 367 g/mol. The molecule has 1 aromatic carbocycles. The Hall–Kier alpha value is -2.17. The lowest BCUT2D eigenvalue weighted by atomic mass is 9.84. The minimum atomic E-state index is -0.202. The minimum Gasteiger partial charge on any atom is -0.396 e. The number of para-hydroxylation sites is 1. The van der Waals surface area contributed by atoms with E-state index >= 15 is 0 Å². The lowest BCUT2D eigenvalue weighted by Gasteiger charge is -2.23. The number of benzene rings is 1. The monoisotopic (exact) mass is 366 g/mol. The number of hydrogen-bond donors (Lipinski definition) is 1. The summed E-state index contributed by atoms with van der Waals surface area (Å²) in [6.45, 7) is 9.43. The van der Waals surface area contributed by atoms with Crippen molar-refractivity contribution >= 4 is 10.9 Å². The van der Waals surface area contributed by atoms with E-state index in [1.54, 1.807) is 7.11 Å².